The van der Waals surface area contributed by atoms with Crippen molar-refractivity contribution in [3.8, 4) is 5.75 Å². The molecule has 0 bridgehead atoms. The number of para-hydroxylation sites is 1. The fraction of sp³-hybridized carbons (Fsp3) is 0.368. The van der Waals surface area contributed by atoms with Crippen molar-refractivity contribution in [2.45, 2.75) is 31.8 Å². The van der Waals surface area contributed by atoms with E-state index in [4.69, 9.17) is 4.74 Å². The van der Waals surface area contributed by atoms with E-state index in [0.29, 0.717) is 0 Å². The molecule has 0 aromatic heterocycles. The van der Waals surface area contributed by atoms with Gasteiger partial charge in [-0.25, -0.2) is 0 Å². The predicted molar refractivity (Wildman–Crippen MR) is 86.4 cm³/mol. The molecular formula is C19H23NO. The van der Waals surface area contributed by atoms with Crippen LogP contribution in [-0.4, -0.2) is 24.1 Å². The van der Waals surface area contributed by atoms with Gasteiger partial charge in [-0.1, -0.05) is 48.5 Å². The van der Waals surface area contributed by atoms with Gasteiger partial charge in [0.1, 0.15) is 5.75 Å². The van der Waals surface area contributed by atoms with E-state index in [9.17, 15) is 0 Å². The van der Waals surface area contributed by atoms with Crippen LogP contribution in [0.5, 0.6) is 5.75 Å². The third-order valence-corrected chi connectivity index (χ3v) is 3.89. The summed E-state index contributed by atoms with van der Waals surface area (Å²) >= 11 is 0. The zero-order valence-corrected chi connectivity index (χ0v) is 12.4. The SMILES string of the molecule is c1ccc(CN(CCCOc2ccccc2)C2CC2)cc1. The predicted octanol–water partition coefficient (Wildman–Crippen LogP) is 4.12. The summed E-state index contributed by atoms with van der Waals surface area (Å²) in [5, 5.41) is 0. The van der Waals surface area contributed by atoms with E-state index in [1.807, 2.05) is 30.3 Å². The molecule has 0 saturated heterocycles. The quantitative estimate of drug-likeness (QED) is 0.675. The van der Waals surface area contributed by atoms with Gasteiger partial charge in [-0.05, 0) is 37.0 Å². The molecule has 0 heterocycles. The van der Waals surface area contributed by atoms with Crippen molar-refractivity contribution in [1.82, 2.24) is 4.90 Å². The lowest BCUT2D eigenvalue weighted by molar-refractivity contribution is 0.220. The Labute approximate surface area is 127 Å². The average molecular weight is 281 g/mol. The minimum atomic E-state index is 0.793. The van der Waals surface area contributed by atoms with E-state index in [1.54, 1.807) is 0 Å². The number of hydrogen-bond donors (Lipinski definition) is 0. The molecule has 2 heteroatoms. The monoisotopic (exact) mass is 281 g/mol. The molecule has 0 atom stereocenters. The Kier molecular flexibility index (Phi) is 4.90. The molecule has 0 amide bonds. The van der Waals surface area contributed by atoms with Crippen LogP contribution in [0, 0.1) is 0 Å². The summed E-state index contributed by atoms with van der Waals surface area (Å²) in [7, 11) is 0. The van der Waals surface area contributed by atoms with Crippen molar-refractivity contribution in [2.24, 2.45) is 0 Å². The molecule has 0 spiro atoms. The molecule has 0 aliphatic heterocycles. The van der Waals surface area contributed by atoms with Crippen LogP contribution in [-0.2, 0) is 6.54 Å². The maximum absolute atomic E-state index is 5.78. The van der Waals surface area contributed by atoms with Crippen LogP contribution in [0.2, 0.25) is 0 Å². The summed E-state index contributed by atoms with van der Waals surface area (Å²) in [5.74, 6) is 0.971. The van der Waals surface area contributed by atoms with Gasteiger partial charge in [0.15, 0.2) is 0 Å². The van der Waals surface area contributed by atoms with Gasteiger partial charge in [0.25, 0.3) is 0 Å². The Bertz CT molecular complexity index is 522. The molecule has 3 rings (SSSR count). The van der Waals surface area contributed by atoms with Gasteiger partial charge in [-0.15, -0.1) is 0 Å². The van der Waals surface area contributed by atoms with E-state index in [1.165, 1.54) is 18.4 Å². The van der Waals surface area contributed by atoms with Gasteiger partial charge in [0, 0.05) is 19.1 Å². The van der Waals surface area contributed by atoms with Crippen molar-refractivity contribution in [3.05, 3.63) is 66.2 Å². The lowest BCUT2D eigenvalue weighted by atomic mass is 10.2. The maximum Gasteiger partial charge on any atom is 0.119 e. The fourth-order valence-electron chi connectivity index (χ4n) is 2.62. The molecule has 1 aliphatic rings. The number of nitrogens with zero attached hydrogens (tertiary/aromatic N) is 1. The van der Waals surface area contributed by atoms with Crippen molar-refractivity contribution >= 4 is 0 Å². The molecule has 1 aliphatic carbocycles. The number of benzene rings is 2. The van der Waals surface area contributed by atoms with Gasteiger partial charge in [-0.2, -0.15) is 0 Å². The highest BCUT2D eigenvalue weighted by Gasteiger charge is 2.28. The van der Waals surface area contributed by atoms with Crippen molar-refractivity contribution < 1.29 is 4.74 Å². The normalized spacial score (nSPS) is 14.3. The summed E-state index contributed by atoms with van der Waals surface area (Å²) in [4.78, 5) is 2.60. The number of rotatable bonds is 8. The Balaban J connectivity index is 1.43. The molecular weight excluding hydrogens is 258 g/mol. The number of ether oxygens (including phenoxy) is 1. The first-order valence-electron chi connectivity index (χ1n) is 7.87. The maximum atomic E-state index is 5.78. The molecule has 1 fully saturated rings. The van der Waals surface area contributed by atoms with Gasteiger partial charge < -0.3 is 4.74 Å². The number of hydrogen-bond acceptors (Lipinski definition) is 2. The molecule has 0 N–H and O–H groups in total. The van der Waals surface area contributed by atoms with Crippen LogP contribution in [0.15, 0.2) is 60.7 Å². The van der Waals surface area contributed by atoms with Gasteiger partial charge in [-0.3, -0.25) is 4.90 Å². The van der Waals surface area contributed by atoms with E-state index < -0.39 is 0 Å². The Morgan fingerprint density at radius 1 is 0.905 bits per heavy atom. The first kappa shape index (κ1) is 14.2. The van der Waals surface area contributed by atoms with Crippen LogP contribution in [0.25, 0.3) is 0 Å². The molecule has 0 unspecified atom stereocenters. The van der Waals surface area contributed by atoms with E-state index in [0.717, 1.165) is 37.9 Å². The topological polar surface area (TPSA) is 12.5 Å². The van der Waals surface area contributed by atoms with Gasteiger partial charge in [0.2, 0.25) is 0 Å². The summed E-state index contributed by atoms with van der Waals surface area (Å²) in [6.45, 7) is 2.98. The lowest BCUT2D eigenvalue weighted by Gasteiger charge is -2.22. The van der Waals surface area contributed by atoms with E-state index in [-0.39, 0.29) is 0 Å². The minimum absolute atomic E-state index is 0.793. The highest BCUT2D eigenvalue weighted by molar-refractivity contribution is 5.20. The van der Waals surface area contributed by atoms with Crippen molar-refractivity contribution in [3.63, 3.8) is 0 Å². The largest absolute Gasteiger partial charge is 0.494 e. The van der Waals surface area contributed by atoms with Gasteiger partial charge >= 0.3 is 0 Å². The van der Waals surface area contributed by atoms with Crippen LogP contribution < -0.4 is 4.74 Å². The third-order valence-electron chi connectivity index (χ3n) is 3.89. The van der Waals surface area contributed by atoms with Crippen LogP contribution in [0.4, 0.5) is 0 Å². The molecule has 0 radical (unpaired) electrons. The highest BCUT2D eigenvalue weighted by atomic mass is 16.5. The summed E-state index contributed by atoms with van der Waals surface area (Å²) < 4.78 is 5.78. The summed E-state index contributed by atoms with van der Waals surface area (Å²) in [6, 6.07) is 21.6. The molecule has 2 aromatic rings. The molecule has 21 heavy (non-hydrogen) atoms. The average Bonchev–Trinajstić information content (AvgIpc) is 3.37. The fourth-order valence-corrected chi connectivity index (χ4v) is 2.62. The zero-order chi connectivity index (χ0) is 14.3. The third kappa shape index (κ3) is 4.61. The van der Waals surface area contributed by atoms with Crippen molar-refractivity contribution in [1.29, 1.82) is 0 Å². The van der Waals surface area contributed by atoms with Crippen molar-refractivity contribution in [2.75, 3.05) is 13.2 Å². The smallest absolute Gasteiger partial charge is 0.119 e. The second-order valence-corrected chi connectivity index (χ2v) is 5.70. The second-order valence-electron chi connectivity index (χ2n) is 5.70. The first-order chi connectivity index (χ1) is 10.4. The van der Waals surface area contributed by atoms with E-state index >= 15 is 0 Å². The highest BCUT2D eigenvalue weighted by Crippen LogP contribution is 2.28. The van der Waals surface area contributed by atoms with Crippen LogP contribution in [0.1, 0.15) is 24.8 Å². The molecule has 2 aromatic carbocycles. The molecule has 2 nitrogen and oxygen atoms in total. The Hall–Kier alpha value is -1.80. The minimum Gasteiger partial charge on any atom is -0.494 e. The second kappa shape index (κ2) is 7.28. The summed E-state index contributed by atoms with van der Waals surface area (Å²) in [6.07, 6.45) is 3.79. The summed E-state index contributed by atoms with van der Waals surface area (Å²) in [5.41, 5.74) is 1.41. The lowest BCUT2D eigenvalue weighted by Crippen LogP contribution is -2.27. The zero-order valence-electron chi connectivity index (χ0n) is 12.4. The van der Waals surface area contributed by atoms with E-state index in [2.05, 4.69) is 35.2 Å². The Morgan fingerprint density at radius 3 is 2.24 bits per heavy atom. The first-order valence-corrected chi connectivity index (χ1v) is 7.87. The molecule has 1 saturated carbocycles. The van der Waals surface area contributed by atoms with Crippen LogP contribution in [0.3, 0.4) is 0 Å². The van der Waals surface area contributed by atoms with Gasteiger partial charge in [0.05, 0.1) is 6.61 Å². The van der Waals surface area contributed by atoms with Crippen LogP contribution >= 0.6 is 0 Å². The Morgan fingerprint density at radius 2 is 1.57 bits per heavy atom. The molecule has 110 valence electrons. The standard InChI is InChI=1S/C19H23NO/c1-3-8-17(9-4-1)16-20(18-12-13-18)14-7-15-21-19-10-5-2-6-11-19/h1-6,8-11,18H,7,12-16H2.